The van der Waals surface area contributed by atoms with E-state index in [1.807, 2.05) is 0 Å². The molecule has 192 valence electrons. The van der Waals surface area contributed by atoms with Crippen molar-refractivity contribution < 1.29 is 37.3 Å². The van der Waals surface area contributed by atoms with Gasteiger partial charge in [-0.15, -0.1) is 11.3 Å². The van der Waals surface area contributed by atoms with Gasteiger partial charge in [-0.1, -0.05) is 0 Å². The summed E-state index contributed by atoms with van der Waals surface area (Å²) in [5, 5.41) is 10.4. The monoisotopic (exact) mass is 534 g/mol. The lowest BCUT2D eigenvalue weighted by atomic mass is 10.2. The molecule has 0 fully saturated rings. The predicted octanol–water partition coefficient (Wildman–Crippen LogP) is 3.99. The molecule has 2 N–H and O–H groups in total. The summed E-state index contributed by atoms with van der Waals surface area (Å²) in [6.07, 6.45) is 0.986. The average molecular weight is 534 g/mol. The first kappa shape index (κ1) is 24.4. The number of carboxylic acids is 1. The molecule has 13 heteroatoms. The van der Waals surface area contributed by atoms with Gasteiger partial charge in [-0.3, -0.25) is 4.79 Å². The Balaban J connectivity index is 1.65. The first-order valence-electron chi connectivity index (χ1n) is 10.9. The molecule has 5 rings (SSSR count). The van der Waals surface area contributed by atoms with Crippen LogP contribution in [0.25, 0.3) is 16.6 Å². The molecule has 9 nitrogen and oxygen atoms in total. The number of aromatic nitrogens is 2. The zero-order chi connectivity index (χ0) is 26.3. The van der Waals surface area contributed by atoms with Gasteiger partial charge in [0.15, 0.2) is 29.0 Å². The highest BCUT2D eigenvalue weighted by Crippen LogP contribution is 2.34. The summed E-state index contributed by atoms with van der Waals surface area (Å²) in [5.41, 5.74) is -2.86. The second kappa shape index (κ2) is 9.65. The molecule has 4 aromatic rings. The smallest absolute Gasteiger partial charge is 0.346 e. The highest BCUT2D eigenvalue weighted by Gasteiger charge is 2.23. The number of thiophene rings is 1. The Kier molecular flexibility index (Phi) is 6.38. The van der Waals surface area contributed by atoms with Gasteiger partial charge in [-0.25, -0.2) is 27.3 Å². The van der Waals surface area contributed by atoms with Crippen molar-refractivity contribution in [3.05, 3.63) is 78.4 Å². The molecule has 37 heavy (non-hydrogen) atoms. The molecular weight excluding hydrogens is 517 g/mol. The van der Waals surface area contributed by atoms with Crippen molar-refractivity contribution in [3.63, 3.8) is 0 Å². The van der Waals surface area contributed by atoms with Crippen LogP contribution in [0.4, 0.5) is 13.2 Å². The molecule has 0 spiro atoms. The second-order valence-corrected chi connectivity index (χ2v) is 8.89. The molecule has 0 radical (unpaired) electrons. The van der Waals surface area contributed by atoms with Gasteiger partial charge in [0.1, 0.15) is 17.2 Å². The molecular formula is C24H17F3N2O7S. The first-order chi connectivity index (χ1) is 17.8. The molecule has 3 heterocycles. The van der Waals surface area contributed by atoms with Crippen LogP contribution in [0.2, 0.25) is 0 Å². The SMILES string of the molecule is O=C(O)c1scc2[nH]c(=O)n(-c3cc4c(cc3F)OCCCCOc3ccc(F)c(F)c3CO4)c(=O)c12. The number of H-pyrrole nitrogens is 1. The van der Waals surface area contributed by atoms with Crippen LogP contribution in [0, 0.1) is 17.5 Å². The molecule has 0 saturated heterocycles. The fourth-order valence-corrected chi connectivity index (χ4v) is 4.73. The number of fused-ring (bicyclic) bond motifs is 3. The molecule has 0 saturated carbocycles. The molecule has 2 aromatic carbocycles. The third-order valence-electron chi connectivity index (χ3n) is 5.68. The van der Waals surface area contributed by atoms with E-state index >= 15 is 4.39 Å². The third kappa shape index (κ3) is 4.42. The zero-order valence-electron chi connectivity index (χ0n) is 18.8. The fraction of sp³-hybridized carbons (Fsp3) is 0.208. The van der Waals surface area contributed by atoms with Crippen LogP contribution >= 0.6 is 11.3 Å². The minimum Gasteiger partial charge on any atom is -0.493 e. The zero-order valence-corrected chi connectivity index (χ0v) is 19.6. The lowest BCUT2D eigenvalue weighted by molar-refractivity contribution is 0.0704. The van der Waals surface area contributed by atoms with Crippen molar-refractivity contribution in [1.29, 1.82) is 0 Å². The molecule has 2 aromatic heterocycles. The maximum absolute atomic E-state index is 15.2. The van der Waals surface area contributed by atoms with Crippen molar-refractivity contribution in [2.45, 2.75) is 19.4 Å². The molecule has 0 bridgehead atoms. The third-order valence-corrected chi connectivity index (χ3v) is 6.65. The average Bonchev–Trinajstić information content (AvgIpc) is 3.28. The van der Waals surface area contributed by atoms with Gasteiger partial charge in [0.25, 0.3) is 5.56 Å². The summed E-state index contributed by atoms with van der Waals surface area (Å²) in [6, 6.07) is 4.10. The molecule has 1 aliphatic rings. The van der Waals surface area contributed by atoms with E-state index in [4.69, 9.17) is 14.2 Å². The van der Waals surface area contributed by atoms with E-state index in [0.717, 1.165) is 29.5 Å². The minimum atomic E-state index is -1.39. The molecule has 0 atom stereocenters. The van der Waals surface area contributed by atoms with Gasteiger partial charge in [0.2, 0.25) is 0 Å². The van der Waals surface area contributed by atoms with Crippen LogP contribution < -0.4 is 25.5 Å². The molecule has 0 unspecified atom stereocenters. The van der Waals surface area contributed by atoms with Crippen LogP contribution in [-0.4, -0.2) is 33.8 Å². The summed E-state index contributed by atoms with van der Waals surface area (Å²) in [7, 11) is 0. The summed E-state index contributed by atoms with van der Waals surface area (Å²) in [4.78, 5) is 39.5. The Morgan fingerprint density at radius 3 is 2.41 bits per heavy atom. The normalized spacial score (nSPS) is 13.8. The largest absolute Gasteiger partial charge is 0.493 e. The Labute approximate surface area is 209 Å². The minimum absolute atomic E-state index is 0.00551. The summed E-state index contributed by atoms with van der Waals surface area (Å²) >= 11 is 0.734. The summed E-state index contributed by atoms with van der Waals surface area (Å²) in [5.74, 6) is -4.91. The number of rotatable bonds is 2. The second-order valence-electron chi connectivity index (χ2n) is 8.01. The maximum atomic E-state index is 15.2. The van der Waals surface area contributed by atoms with E-state index in [0.29, 0.717) is 17.4 Å². The predicted molar refractivity (Wildman–Crippen MR) is 126 cm³/mol. The Morgan fingerprint density at radius 2 is 1.68 bits per heavy atom. The van der Waals surface area contributed by atoms with Gasteiger partial charge in [0, 0.05) is 17.5 Å². The van der Waals surface area contributed by atoms with Crippen LogP contribution in [-0.2, 0) is 6.61 Å². The number of nitrogens with zero attached hydrogens (tertiary/aromatic N) is 1. The van der Waals surface area contributed by atoms with Gasteiger partial charge < -0.3 is 24.3 Å². The highest BCUT2D eigenvalue weighted by atomic mass is 32.1. The number of aromatic amines is 1. The van der Waals surface area contributed by atoms with Crippen LogP contribution in [0.5, 0.6) is 17.2 Å². The van der Waals surface area contributed by atoms with E-state index < -0.39 is 47.0 Å². The number of hydrogen-bond donors (Lipinski definition) is 2. The number of halogens is 3. The molecule has 1 aliphatic heterocycles. The number of carboxylic acid groups (broad SMARTS) is 1. The standard InChI is InChI=1S/C24H17F3N2O7S/c25-12-3-4-16-11(20(12)27)9-36-18-8-15(13(26)7-17(18)35-6-2-1-5-34-16)29-22(30)19-14(28-24(29)33)10-37-21(19)23(31)32/h3-4,7-8,10H,1-2,5-6,9H2,(H,28,33)(H,31,32). The van der Waals surface area contributed by atoms with Gasteiger partial charge >= 0.3 is 11.7 Å². The lowest BCUT2D eigenvalue weighted by Crippen LogP contribution is -2.34. The topological polar surface area (TPSA) is 120 Å². The van der Waals surface area contributed by atoms with Crippen molar-refractivity contribution >= 4 is 28.2 Å². The summed E-state index contributed by atoms with van der Waals surface area (Å²) < 4.78 is 60.9. The highest BCUT2D eigenvalue weighted by molar-refractivity contribution is 7.13. The summed E-state index contributed by atoms with van der Waals surface area (Å²) in [6.45, 7) is -0.193. The van der Waals surface area contributed by atoms with Gasteiger partial charge in [0.05, 0.1) is 35.4 Å². The molecule has 0 aliphatic carbocycles. The van der Waals surface area contributed by atoms with E-state index in [1.165, 1.54) is 11.4 Å². The number of ether oxygens (including phenoxy) is 3. The van der Waals surface area contributed by atoms with Crippen molar-refractivity contribution in [3.8, 4) is 22.9 Å². The number of hydrogen-bond acceptors (Lipinski definition) is 7. The van der Waals surface area contributed by atoms with Crippen molar-refractivity contribution in [2.24, 2.45) is 0 Å². The van der Waals surface area contributed by atoms with Crippen LogP contribution in [0.15, 0.2) is 39.2 Å². The van der Waals surface area contributed by atoms with E-state index in [2.05, 4.69) is 4.98 Å². The number of carbonyl (C=O) groups is 1. The number of benzene rings is 2. The van der Waals surface area contributed by atoms with E-state index in [-0.39, 0.29) is 51.8 Å². The van der Waals surface area contributed by atoms with E-state index in [9.17, 15) is 28.3 Å². The van der Waals surface area contributed by atoms with Gasteiger partial charge in [-0.05, 0) is 25.0 Å². The fourth-order valence-electron chi connectivity index (χ4n) is 3.90. The number of nitrogens with one attached hydrogen (secondary N) is 1. The number of aromatic carboxylic acids is 1. The maximum Gasteiger partial charge on any atom is 0.346 e. The quantitative estimate of drug-likeness (QED) is 0.399. The van der Waals surface area contributed by atoms with Gasteiger partial charge in [-0.2, -0.15) is 0 Å². The van der Waals surface area contributed by atoms with Crippen LogP contribution in [0.3, 0.4) is 0 Å². The Bertz CT molecular complexity index is 1660. The molecule has 0 amide bonds. The Morgan fingerprint density at radius 1 is 0.973 bits per heavy atom. The van der Waals surface area contributed by atoms with E-state index in [1.54, 1.807) is 0 Å². The van der Waals surface area contributed by atoms with Crippen molar-refractivity contribution in [1.82, 2.24) is 9.55 Å². The Hall–Kier alpha value is -4.26. The van der Waals surface area contributed by atoms with Crippen molar-refractivity contribution in [2.75, 3.05) is 13.2 Å². The van der Waals surface area contributed by atoms with Crippen LogP contribution in [0.1, 0.15) is 28.1 Å². The first-order valence-corrected chi connectivity index (χ1v) is 11.8. The lowest BCUT2D eigenvalue weighted by Gasteiger charge is -2.19.